The Bertz CT molecular complexity index is 420. The molecule has 0 saturated heterocycles. The summed E-state index contributed by atoms with van der Waals surface area (Å²) in [5, 5.41) is 0.694. The molecule has 1 aromatic carbocycles. The normalized spacial score (nSPS) is 11.7. The Balaban J connectivity index is 2.36. The van der Waals surface area contributed by atoms with Gasteiger partial charge in [0, 0.05) is 17.5 Å². The SMILES string of the molecule is CC(=O)NNC(=O)C[NH+](C)Cc1ccc(Cl)cc1. The molecule has 0 aliphatic carbocycles. The van der Waals surface area contributed by atoms with Gasteiger partial charge in [-0.25, -0.2) is 0 Å². The molecular weight excluding hydrogens is 254 g/mol. The zero-order valence-corrected chi connectivity index (χ0v) is 11.2. The lowest BCUT2D eigenvalue weighted by Gasteiger charge is -2.13. The van der Waals surface area contributed by atoms with Crippen molar-refractivity contribution in [2.24, 2.45) is 0 Å². The highest BCUT2D eigenvalue weighted by molar-refractivity contribution is 6.30. The van der Waals surface area contributed by atoms with E-state index in [2.05, 4.69) is 10.9 Å². The van der Waals surface area contributed by atoms with Crippen LogP contribution in [0.4, 0.5) is 0 Å². The summed E-state index contributed by atoms with van der Waals surface area (Å²) < 4.78 is 0. The molecule has 1 unspecified atom stereocenters. The van der Waals surface area contributed by atoms with Crippen LogP contribution in [-0.2, 0) is 16.1 Å². The number of amides is 2. The summed E-state index contributed by atoms with van der Waals surface area (Å²) in [6, 6.07) is 7.50. The molecule has 6 heteroatoms. The van der Waals surface area contributed by atoms with Crippen molar-refractivity contribution in [2.75, 3.05) is 13.6 Å². The predicted molar refractivity (Wildman–Crippen MR) is 68.9 cm³/mol. The van der Waals surface area contributed by atoms with Crippen LogP contribution in [0.15, 0.2) is 24.3 Å². The van der Waals surface area contributed by atoms with Gasteiger partial charge < -0.3 is 4.90 Å². The third-order valence-corrected chi connectivity index (χ3v) is 2.51. The second-order valence-electron chi connectivity index (χ2n) is 4.17. The van der Waals surface area contributed by atoms with Crippen molar-refractivity contribution >= 4 is 23.4 Å². The van der Waals surface area contributed by atoms with Gasteiger partial charge in [0.15, 0.2) is 6.54 Å². The van der Waals surface area contributed by atoms with Gasteiger partial charge in [0.05, 0.1) is 7.05 Å². The Labute approximate surface area is 111 Å². The van der Waals surface area contributed by atoms with Crippen molar-refractivity contribution in [2.45, 2.75) is 13.5 Å². The molecule has 0 bridgehead atoms. The minimum absolute atomic E-state index is 0.225. The van der Waals surface area contributed by atoms with E-state index in [1.54, 1.807) is 0 Å². The number of likely N-dealkylation sites (N-methyl/N-ethyl adjacent to an activating group) is 1. The van der Waals surface area contributed by atoms with Crippen LogP contribution in [0.1, 0.15) is 12.5 Å². The largest absolute Gasteiger partial charge is 0.326 e. The Kier molecular flexibility index (Phi) is 5.61. The highest BCUT2D eigenvalue weighted by atomic mass is 35.5. The van der Waals surface area contributed by atoms with Gasteiger partial charge in [-0.05, 0) is 12.1 Å². The van der Waals surface area contributed by atoms with Crippen LogP contribution in [0.5, 0.6) is 0 Å². The van der Waals surface area contributed by atoms with Crippen molar-refractivity contribution in [1.82, 2.24) is 10.9 Å². The average molecular weight is 271 g/mol. The van der Waals surface area contributed by atoms with E-state index in [1.165, 1.54) is 6.92 Å². The molecule has 0 spiro atoms. The van der Waals surface area contributed by atoms with E-state index in [0.29, 0.717) is 11.6 Å². The average Bonchev–Trinajstić information content (AvgIpc) is 2.29. The molecule has 0 fully saturated rings. The maximum atomic E-state index is 11.4. The van der Waals surface area contributed by atoms with Crippen LogP contribution in [0.25, 0.3) is 0 Å². The third-order valence-electron chi connectivity index (χ3n) is 2.26. The molecule has 18 heavy (non-hydrogen) atoms. The predicted octanol–water partition coefficient (Wildman–Crippen LogP) is -0.478. The molecular formula is C12H17ClN3O2+. The van der Waals surface area contributed by atoms with E-state index < -0.39 is 0 Å². The molecule has 0 aliphatic rings. The number of carbonyl (C=O) groups excluding carboxylic acids is 2. The molecule has 3 N–H and O–H groups in total. The summed E-state index contributed by atoms with van der Waals surface area (Å²) in [5.74, 6) is -0.518. The van der Waals surface area contributed by atoms with Crippen molar-refractivity contribution in [3.63, 3.8) is 0 Å². The van der Waals surface area contributed by atoms with Gasteiger partial charge in [0.1, 0.15) is 6.54 Å². The minimum Gasteiger partial charge on any atom is -0.326 e. The number of carbonyl (C=O) groups is 2. The molecule has 0 radical (unpaired) electrons. The lowest BCUT2D eigenvalue weighted by molar-refractivity contribution is -0.885. The number of hydrazine groups is 1. The zero-order valence-electron chi connectivity index (χ0n) is 10.4. The van der Waals surface area contributed by atoms with Gasteiger partial charge >= 0.3 is 0 Å². The van der Waals surface area contributed by atoms with Gasteiger partial charge in [0.2, 0.25) is 5.91 Å². The summed E-state index contributed by atoms with van der Waals surface area (Å²) in [5.41, 5.74) is 5.68. The smallest absolute Gasteiger partial charge is 0.293 e. The minimum atomic E-state index is -0.293. The molecule has 0 saturated carbocycles. The number of rotatable bonds is 4. The number of nitrogens with one attached hydrogen (secondary N) is 3. The topological polar surface area (TPSA) is 62.6 Å². The molecule has 5 nitrogen and oxygen atoms in total. The highest BCUT2D eigenvalue weighted by Crippen LogP contribution is 2.08. The first kappa shape index (κ1) is 14.5. The highest BCUT2D eigenvalue weighted by Gasteiger charge is 2.10. The summed E-state index contributed by atoms with van der Waals surface area (Å²) >= 11 is 5.79. The Morgan fingerprint density at radius 1 is 1.22 bits per heavy atom. The van der Waals surface area contributed by atoms with Gasteiger partial charge in [-0.1, -0.05) is 23.7 Å². The second kappa shape index (κ2) is 6.98. The van der Waals surface area contributed by atoms with Gasteiger partial charge in [-0.3, -0.25) is 20.4 Å². The summed E-state index contributed by atoms with van der Waals surface area (Å²) in [6.07, 6.45) is 0. The number of hydrogen-bond donors (Lipinski definition) is 3. The Hall–Kier alpha value is -1.59. The maximum absolute atomic E-state index is 11.4. The molecule has 0 heterocycles. The molecule has 1 atom stereocenters. The van der Waals surface area contributed by atoms with E-state index in [-0.39, 0.29) is 18.4 Å². The van der Waals surface area contributed by atoms with Crippen molar-refractivity contribution < 1.29 is 14.5 Å². The Morgan fingerprint density at radius 3 is 2.39 bits per heavy atom. The molecule has 1 rings (SSSR count). The van der Waals surface area contributed by atoms with E-state index in [0.717, 1.165) is 10.5 Å². The van der Waals surface area contributed by atoms with E-state index in [9.17, 15) is 9.59 Å². The van der Waals surface area contributed by atoms with Crippen molar-refractivity contribution in [3.05, 3.63) is 34.9 Å². The van der Waals surface area contributed by atoms with Gasteiger partial charge in [0.25, 0.3) is 5.91 Å². The molecule has 2 amide bonds. The quantitative estimate of drug-likeness (QED) is 0.648. The van der Waals surface area contributed by atoms with Crippen LogP contribution in [0.2, 0.25) is 5.02 Å². The lowest BCUT2D eigenvalue weighted by Crippen LogP contribution is -3.09. The monoisotopic (exact) mass is 270 g/mol. The molecule has 0 aliphatic heterocycles. The van der Waals surface area contributed by atoms with Gasteiger partial charge in [-0.2, -0.15) is 0 Å². The molecule has 1 aromatic rings. The summed E-state index contributed by atoms with van der Waals surface area (Å²) in [7, 11) is 1.90. The number of quaternary nitrogens is 1. The Morgan fingerprint density at radius 2 is 1.83 bits per heavy atom. The van der Waals surface area contributed by atoms with Crippen molar-refractivity contribution in [1.29, 1.82) is 0 Å². The summed E-state index contributed by atoms with van der Waals surface area (Å²) in [4.78, 5) is 23.1. The third kappa shape index (κ3) is 5.65. The van der Waals surface area contributed by atoms with E-state index >= 15 is 0 Å². The number of halogens is 1. The molecule has 98 valence electrons. The van der Waals surface area contributed by atoms with Crippen LogP contribution in [0.3, 0.4) is 0 Å². The summed E-state index contributed by atoms with van der Waals surface area (Å²) in [6.45, 7) is 2.33. The second-order valence-corrected chi connectivity index (χ2v) is 4.60. The first-order valence-corrected chi connectivity index (χ1v) is 5.96. The van der Waals surface area contributed by atoms with Gasteiger partial charge in [-0.15, -0.1) is 0 Å². The fraction of sp³-hybridized carbons (Fsp3) is 0.333. The fourth-order valence-corrected chi connectivity index (χ4v) is 1.62. The fourth-order valence-electron chi connectivity index (χ4n) is 1.49. The first-order chi connectivity index (χ1) is 8.47. The van der Waals surface area contributed by atoms with Crippen molar-refractivity contribution in [3.8, 4) is 0 Å². The standard InChI is InChI=1S/C12H16ClN3O2/c1-9(17)14-15-12(18)8-16(2)7-10-3-5-11(13)6-4-10/h3-6H,7-8H2,1-2H3,(H,14,17)(H,15,18)/p+1. The van der Waals surface area contributed by atoms with E-state index in [1.807, 2.05) is 31.3 Å². The van der Waals surface area contributed by atoms with Crippen LogP contribution >= 0.6 is 11.6 Å². The first-order valence-electron chi connectivity index (χ1n) is 5.58. The van der Waals surface area contributed by atoms with Crippen LogP contribution in [0, 0.1) is 0 Å². The maximum Gasteiger partial charge on any atom is 0.293 e. The van der Waals surface area contributed by atoms with E-state index in [4.69, 9.17) is 11.6 Å². The van der Waals surface area contributed by atoms with Crippen LogP contribution < -0.4 is 15.8 Å². The molecule has 0 aromatic heterocycles. The number of benzene rings is 1. The lowest BCUT2D eigenvalue weighted by atomic mass is 10.2. The zero-order chi connectivity index (χ0) is 13.5. The number of hydrogen-bond acceptors (Lipinski definition) is 2. The van der Waals surface area contributed by atoms with Crippen LogP contribution in [-0.4, -0.2) is 25.4 Å².